The van der Waals surface area contributed by atoms with Crippen molar-refractivity contribution in [1.29, 1.82) is 0 Å². The Balaban J connectivity index is 1.82. The molecule has 7 heteroatoms. The first kappa shape index (κ1) is 14.5. The second kappa shape index (κ2) is 5.50. The largest absolute Gasteiger partial charge is 0.332 e. The molecule has 0 unspecified atom stereocenters. The molecule has 5 nitrogen and oxygen atoms in total. The summed E-state index contributed by atoms with van der Waals surface area (Å²) in [6.45, 7) is 0.410. The summed E-state index contributed by atoms with van der Waals surface area (Å²) in [5.41, 5.74) is 1.81. The maximum Gasteiger partial charge on any atom is 0.273 e. The molecule has 0 aliphatic carbocycles. The number of nitrogens with zero attached hydrogens (tertiary/aromatic N) is 3. The van der Waals surface area contributed by atoms with E-state index in [4.69, 9.17) is 0 Å². The SMILES string of the molecule is O=S(=O)(c1cccs1)N1C[C@H](n2ccnc2)Cc2ccccc21. The monoisotopic (exact) mass is 345 g/mol. The van der Waals surface area contributed by atoms with Crippen molar-refractivity contribution in [2.45, 2.75) is 16.7 Å². The summed E-state index contributed by atoms with van der Waals surface area (Å²) < 4.78 is 30.0. The number of fused-ring (bicyclic) bond motifs is 1. The lowest BCUT2D eigenvalue weighted by molar-refractivity contribution is 0.487. The van der Waals surface area contributed by atoms with Crippen LogP contribution in [-0.4, -0.2) is 24.5 Å². The third kappa shape index (κ3) is 2.46. The molecule has 0 bridgehead atoms. The van der Waals surface area contributed by atoms with Gasteiger partial charge < -0.3 is 4.57 Å². The van der Waals surface area contributed by atoms with Gasteiger partial charge in [-0.3, -0.25) is 4.31 Å². The Hall–Kier alpha value is -2.12. The molecule has 1 aromatic carbocycles. The van der Waals surface area contributed by atoms with Gasteiger partial charge in [0.25, 0.3) is 10.0 Å². The van der Waals surface area contributed by atoms with Crippen LogP contribution in [0.4, 0.5) is 5.69 Å². The van der Waals surface area contributed by atoms with Gasteiger partial charge in [-0.2, -0.15) is 0 Å². The molecule has 3 aromatic rings. The van der Waals surface area contributed by atoms with Gasteiger partial charge in [-0.25, -0.2) is 13.4 Å². The highest BCUT2D eigenvalue weighted by atomic mass is 32.2. The van der Waals surface area contributed by atoms with Crippen LogP contribution in [-0.2, 0) is 16.4 Å². The van der Waals surface area contributed by atoms with Gasteiger partial charge in [0.15, 0.2) is 0 Å². The zero-order chi connectivity index (χ0) is 15.9. The van der Waals surface area contributed by atoms with E-state index in [9.17, 15) is 8.42 Å². The minimum atomic E-state index is -3.54. The summed E-state index contributed by atoms with van der Waals surface area (Å²) in [5.74, 6) is 0. The topological polar surface area (TPSA) is 55.2 Å². The minimum Gasteiger partial charge on any atom is -0.332 e. The van der Waals surface area contributed by atoms with Crippen LogP contribution in [0, 0.1) is 0 Å². The first-order valence-electron chi connectivity index (χ1n) is 7.28. The fourth-order valence-corrected chi connectivity index (χ4v) is 5.61. The Morgan fingerprint density at radius 1 is 1.17 bits per heavy atom. The van der Waals surface area contributed by atoms with E-state index >= 15 is 0 Å². The third-order valence-corrected chi connectivity index (χ3v) is 7.23. The lowest BCUT2D eigenvalue weighted by atomic mass is 10.00. The van der Waals surface area contributed by atoms with Crippen LogP contribution in [0.25, 0.3) is 0 Å². The number of thiophene rings is 1. The summed E-state index contributed by atoms with van der Waals surface area (Å²) in [4.78, 5) is 4.09. The number of rotatable bonds is 3. The molecule has 1 atom stereocenters. The maximum absolute atomic E-state index is 13.0. The Morgan fingerprint density at radius 2 is 2.04 bits per heavy atom. The molecule has 0 amide bonds. The van der Waals surface area contributed by atoms with Crippen LogP contribution in [0.5, 0.6) is 0 Å². The lowest BCUT2D eigenvalue weighted by Crippen LogP contribution is -2.40. The van der Waals surface area contributed by atoms with Gasteiger partial charge in [0, 0.05) is 12.4 Å². The molecule has 0 spiro atoms. The van der Waals surface area contributed by atoms with Crippen LogP contribution in [0.3, 0.4) is 0 Å². The van der Waals surface area contributed by atoms with E-state index in [1.807, 2.05) is 35.0 Å². The van der Waals surface area contributed by atoms with Gasteiger partial charge in [-0.05, 0) is 29.5 Å². The first-order chi connectivity index (χ1) is 11.2. The average Bonchev–Trinajstić information content (AvgIpc) is 3.27. The Morgan fingerprint density at radius 3 is 2.78 bits per heavy atom. The van der Waals surface area contributed by atoms with Gasteiger partial charge in [0.1, 0.15) is 4.21 Å². The number of para-hydroxylation sites is 1. The molecule has 3 heterocycles. The van der Waals surface area contributed by atoms with Crippen molar-refractivity contribution < 1.29 is 8.42 Å². The summed E-state index contributed by atoms with van der Waals surface area (Å²) >= 11 is 1.25. The summed E-state index contributed by atoms with van der Waals surface area (Å²) in [5, 5.41) is 1.79. The Kier molecular flexibility index (Phi) is 3.46. The molecule has 0 radical (unpaired) electrons. The highest BCUT2D eigenvalue weighted by molar-refractivity contribution is 7.94. The second-order valence-electron chi connectivity index (χ2n) is 5.46. The molecular weight excluding hydrogens is 330 g/mol. The number of imidazole rings is 1. The van der Waals surface area contributed by atoms with Crippen molar-refractivity contribution in [2.24, 2.45) is 0 Å². The van der Waals surface area contributed by atoms with E-state index in [-0.39, 0.29) is 6.04 Å². The Labute approximate surface area is 138 Å². The molecule has 0 fully saturated rings. The molecule has 0 N–H and O–H groups in total. The van der Waals surface area contributed by atoms with Crippen molar-refractivity contribution >= 4 is 27.0 Å². The molecule has 1 aliphatic rings. The van der Waals surface area contributed by atoms with Crippen LogP contribution in [0.15, 0.2) is 64.7 Å². The van der Waals surface area contributed by atoms with Crippen molar-refractivity contribution in [3.63, 3.8) is 0 Å². The van der Waals surface area contributed by atoms with E-state index in [0.29, 0.717) is 10.8 Å². The van der Waals surface area contributed by atoms with Crippen LogP contribution in [0.2, 0.25) is 0 Å². The minimum absolute atomic E-state index is 0.0436. The van der Waals surface area contributed by atoms with E-state index < -0.39 is 10.0 Å². The number of hydrogen-bond donors (Lipinski definition) is 0. The summed E-state index contributed by atoms with van der Waals surface area (Å²) in [6.07, 6.45) is 6.14. The first-order valence-corrected chi connectivity index (χ1v) is 9.60. The standard InChI is InChI=1S/C16H15N3O2S2/c20-23(21,16-6-3-9-22-16)19-11-14(18-8-7-17-12-18)10-13-4-1-2-5-15(13)19/h1-9,12,14H,10-11H2/t14-/m1/s1. The van der Waals surface area contributed by atoms with Crippen molar-refractivity contribution in [1.82, 2.24) is 9.55 Å². The van der Waals surface area contributed by atoms with Crippen LogP contribution < -0.4 is 4.31 Å². The molecule has 0 saturated carbocycles. The molecule has 1 aliphatic heterocycles. The lowest BCUT2D eigenvalue weighted by Gasteiger charge is -2.35. The number of hydrogen-bond acceptors (Lipinski definition) is 4. The van der Waals surface area contributed by atoms with Gasteiger partial charge in [0.05, 0.1) is 24.6 Å². The van der Waals surface area contributed by atoms with E-state index in [2.05, 4.69) is 4.98 Å². The van der Waals surface area contributed by atoms with Gasteiger partial charge in [-0.15, -0.1) is 11.3 Å². The maximum atomic E-state index is 13.0. The molecule has 2 aromatic heterocycles. The van der Waals surface area contributed by atoms with Gasteiger partial charge in [0.2, 0.25) is 0 Å². The van der Waals surface area contributed by atoms with Crippen LogP contribution in [0.1, 0.15) is 11.6 Å². The van der Waals surface area contributed by atoms with E-state index in [1.54, 1.807) is 30.0 Å². The third-order valence-electron chi connectivity index (χ3n) is 4.08. The number of benzene rings is 1. The van der Waals surface area contributed by atoms with Crippen molar-refractivity contribution in [3.05, 3.63) is 66.1 Å². The molecule has 23 heavy (non-hydrogen) atoms. The van der Waals surface area contributed by atoms with Gasteiger partial charge >= 0.3 is 0 Å². The van der Waals surface area contributed by atoms with E-state index in [0.717, 1.165) is 17.7 Å². The molecule has 118 valence electrons. The number of anilines is 1. The molecule has 0 saturated heterocycles. The zero-order valence-corrected chi connectivity index (χ0v) is 13.9. The van der Waals surface area contributed by atoms with Crippen molar-refractivity contribution in [3.8, 4) is 0 Å². The summed E-state index contributed by atoms with van der Waals surface area (Å²) in [6, 6.07) is 11.2. The predicted molar refractivity (Wildman–Crippen MR) is 90.3 cm³/mol. The number of sulfonamides is 1. The summed E-state index contributed by atoms with van der Waals surface area (Å²) in [7, 11) is -3.54. The average molecular weight is 345 g/mol. The molecule has 4 rings (SSSR count). The molecular formula is C16H15N3O2S2. The second-order valence-corrected chi connectivity index (χ2v) is 8.50. The fourth-order valence-electron chi connectivity index (χ4n) is 2.97. The highest BCUT2D eigenvalue weighted by Crippen LogP contribution is 2.36. The normalized spacial score (nSPS) is 17.9. The smallest absolute Gasteiger partial charge is 0.273 e. The number of aromatic nitrogens is 2. The van der Waals surface area contributed by atoms with Crippen LogP contribution >= 0.6 is 11.3 Å². The zero-order valence-electron chi connectivity index (χ0n) is 12.2. The fraction of sp³-hybridized carbons (Fsp3) is 0.188. The predicted octanol–water partition coefficient (Wildman–Crippen LogP) is 2.94. The quantitative estimate of drug-likeness (QED) is 0.733. The highest BCUT2D eigenvalue weighted by Gasteiger charge is 2.34. The van der Waals surface area contributed by atoms with Crippen molar-refractivity contribution in [2.75, 3.05) is 10.8 Å². The Bertz CT molecular complexity index is 903. The van der Waals surface area contributed by atoms with E-state index in [1.165, 1.54) is 15.6 Å². The van der Waals surface area contributed by atoms with Gasteiger partial charge in [-0.1, -0.05) is 24.3 Å².